The molecule has 0 saturated heterocycles. The summed E-state index contributed by atoms with van der Waals surface area (Å²) in [4.78, 5) is 11.8. The summed E-state index contributed by atoms with van der Waals surface area (Å²) in [5, 5.41) is 3.02. The molecule has 1 N–H and O–H groups in total. The fraction of sp³-hybridized carbons (Fsp3) is 0.533. The van der Waals surface area contributed by atoms with Crippen molar-refractivity contribution in [2.24, 2.45) is 5.92 Å². The second-order valence-corrected chi connectivity index (χ2v) is 5.95. The number of amides is 1. The highest BCUT2D eigenvalue weighted by Gasteiger charge is 2.25. The average Bonchev–Trinajstić information content (AvgIpc) is 2.13. The van der Waals surface area contributed by atoms with Gasteiger partial charge in [0, 0.05) is 11.6 Å². The molecular weight excluding hydrogens is 210 g/mol. The largest absolute Gasteiger partial charge is 0.326 e. The maximum atomic E-state index is 11.8. The minimum absolute atomic E-state index is 0.122. The molecule has 0 aliphatic heterocycles. The number of carbonyl (C=O) groups is 1. The van der Waals surface area contributed by atoms with Crippen LogP contribution in [0.2, 0.25) is 0 Å². The molecule has 1 aromatic carbocycles. The van der Waals surface area contributed by atoms with Gasteiger partial charge >= 0.3 is 0 Å². The number of nitrogens with one attached hydrogen (secondary N) is 1. The lowest BCUT2D eigenvalue weighted by atomic mass is 9.84. The fourth-order valence-corrected chi connectivity index (χ4v) is 1.98. The standard InChI is InChI=1S/C15H21NO/c1-15(2,3)12-8-5-9-13(10-12)16-14(17)11-6-4-7-11/h5,8-11H,4,6-7H2,1-3H3,(H,16,17). The van der Waals surface area contributed by atoms with Crippen LogP contribution >= 0.6 is 0 Å². The van der Waals surface area contributed by atoms with E-state index in [4.69, 9.17) is 0 Å². The molecule has 0 radical (unpaired) electrons. The fourth-order valence-electron chi connectivity index (χ4n) is 1.98. The number of carbonyl (C=O) groups excluding carboxylic acids is 1. The Morgan fingerprint density at radius 3 is 2.53 bits per heavy atom. The summed E-state index contributed by atoms with van der Waals surface area (Å²) in [7, 11) is 0. The zero-order valence-corrected chi connectivity index (χ0v) is 10.9. The lowest BCUT2D eigenvalue weighted by molar-refractivity contribution is -0.122. The van der Waals surface area contributed by atoms with Crippen LogP contribution < -0.4 is 5.32 Å². The van der Waals surface area contributed by atoms with Crippen molar-refractivity contribution in [3.8, 4) is 0 Å². The first-order valence-electron chi connectivity index (χ1n) is 6.38. The van der Waals surface area contributed by atoms with E-state index in [1.807, 2.05) is 12.1 Å². The second-order valence-electron chi connectivity index (χ2n) is 5.95. The highest BCUT2D eigenvalue weighted by Crippen LogP contribution is 2.29. The highest BCUT2D eigenvalue weighted by atomic mass is 16.1. The topological polar surface area (TPSA) is 29.1 Å². The predicted octanol–water partition coefficient (Wildman–Crippen LogP) is 3.72. The van der Waals surface area contributed by atoms with Gasteiger partial charge in [0.25, 0.3) is 0 Å². The molecule has 2 nitrogen and oxygen atoms in total. The molecule has 1 fully saturated rings. The summed E-state index contributed by atoms with van der Waals surface area (Å²) in [6, 6.07) is 8.17. The lowest BCUT2D eigenvalue weighted by Gasteiger charge is -2.25. The van der Waals surface area contributed by atoms with Crippen LogP contribution in [-0.2, 0) is 10.2 Å². The van der Waals surface area contributed by atoms with E-state index in [-0.39, 0.29) is 17.2 Å². The van der Waals surface area contributed by atoms with Crippen LogP contribution in [0, 0.1) is 5.92 Å². The van der Waals surface area contributed by atoms with Gasteiger partial charge in [-0.1, -0.05) is 39.3 Å². The Kier molecular flexibility index (Phi) is 3.23. The van der Waals surface area contributed by atoms with Crippen molar-refractivity contribution in [3.63, 3.8) is 0 Å². The first-order valence-corrected chi connectivity index (χ1v) is 6.38. The van der Waals surface area contributed by atoms with Crippen molar-refractivity contribution >= 4 is 11.6 Å². The molecule has 1 aliphatic rings. The summed E-state index contributed by atoms with van der Waals surface area (Å²) in [6.45, 7) is 6.54. The van der Waals surface area contributed by atoms with Crippen LogP contribution in [0.3, 0.4) is 0 Å². The number of anilines is 1. The molecule has 1 aromatic rings. The Bertz CT molecular complexity index is 413. The lowest BCUT2D eigenvalue weighted by Crippen LogP contribution is -2.28. The summed E-state index contributed by atoms with van der Waals surface area (Å²) >= 11 is 0. The average molecular weight is 231 g/mol. The predicted molar refractivity (Wildman–Crippen MR) is 71.1 cm³/mol. The molecule has 1 saturated carbocycles. The number of rotatable bonds is 2. The van der Waals surface area contributed by atoms with Gasteiger partial charge in [-0.05, 0) is 36.0 Å². The van der Waals surface area contributed by atoms with E-state index in [9.17, 15) is 4.79 Å². The summed E-state index contributed by atoms with van der Waals surface area (Å²) in [5.74, 6) is 0.426. The van der Waals surface area contributed by atoms with Crippen LogP contribution in [0.25, 0.3) is 0 Å². The minimum atomic E-state index is 0.122. The normalized spacial score (nSPS) is 16.4. The van der Waals surface area contributed by atoms with Gasteiger partial charge in [-0.3, -0.25) is 4.79 Å². The van der Waals surface area contributed by atoms with E-state index in [2.05, 4.69) is 38.2 Å². The Morgan fingerprint density at radius 2 is 2.00 bits per heavy atom. The Morgan fingerprint density at radius 1 is 1.29 bits per heavy atom. The van der Waals surface area contributed by atoms with Crippen LogP contribution in [-0.4, -0.2) is 5.91 Å². The first-order chi connectivity index (χ1) is 7.97. The number of benzene rings is 1. The minimum Gasteiger partial charge on any atom is -0.326 e. The third-order valence-electron chi connectivity index (χ3n) is 3.47. The SMILES string of the molecule is CC(C)(C)c1cccc(NC(=O)C2CCC2)c1. The maximum Gasteiger partial charge on any atom is 0.227 e. The van der Waals surface area contributed by atoms with Crippen molar-refractivity contribution in [1.82, 2.24) is 0 Å². The maximum absolute atomic E-state index is 11.8. The summed E-state index contributed by atoms with van der Waals surface area (Å²) in [5.41, 5.74) is 2.30. The summed E-state index contributed by atoms with van der Waals surface area (Å²) < 4.78 is 0. The zero-order chi connectivity index (χ0) is 12.5. The molecule has 1 aliphatic carbocycles. The van der Waals surface area contributed by atoms with E-state index in [1.165, 1.54) is 12.0 Å². The first kappa shape index (κ1) is 12.2. The van der Waals surface area contributed by atoms with Gasteiger partial charge in [0.15, 0.2) is 0 Å². The highest BCUT2D eigenvalue weighted by molar-refractivity contribution is 5.93. The monoisotopic (exact) mass is 231 g/mol. The van der Waals surface area contributed by atoms with Crippen LogP contribution in [0.5, 0.6) is 0 Å². The van der Waals surface area contributed by atoms with Gasteiger partial charge in [-0.25, -0.2) is 0 Å². The van der Waals surface area contributed by atoms with Gasteiger partial charge in [0.2, 0.25) is 5.91 Å². The molecule has 92 valence electrons. The van der Waals surface area contributed by atoms with Crippen molar-refractivity contribution < 1.29 is 4.79 Å². The third kappa shape index (κ3) is 2.87. The van der Waals surface area contributed by atoms with E-state index >= 15 is 0 Å². The molecule has 0 aromatic heterocycles. The van der Waals surface area contributed by atoms with Gasteiger partial charge in [-0.2, -0.15) is 0 Å². The Labute approximate surface area is 103 Å². The van der Waals surface area contributed by atoms with Crippen molar-refractivity contribution in [3.05, 3.63) is 29.8 Å². The second kappa shape index (κ2) is 4.52. The van der Waals surface area contributed by atoms with Gasteiger partial charge in [0.05, 0.1) is 0 Å². The molecule has 0 heterocycles. The molecule has 2 heteroatoms. The Hall–Kier alpha value is -1.31. The number of hydrogen-bond donors (Lipinski definition) is 1. The van der Waals surface area contributed by atoms with Crippen LogP contribution in [0.4, 0.5) is 5.69 Å². The molecule has 17 heavy (non-hydrogen) atoms. The molecule has 0 atom stereocenters. The zero-order valence-electron chi connectivity index (χ0n) is 10.9. The van der Waals surface area contributed by atoms with E-state index in [1.54, 1.807) is 0 Å². The number of hydrogen-bond acceptors (Lipinski definition) is 1. The molecule has 0 unspecified atom stereocenters. The van der Waals surface area contributed by atoms with Crippen LogP contribution in [0.1, 0.15) is 45.6 Å². The molecule has 0 bridgehead atoms. The molecule has 2 rings (SSSR count). The molecule has 0 spiro atoms. The van der Waals surface area contributed by atoms with Gasteiger partial charge in [-0.15, -0.1) is 0 Å². The van der Waals surface area contributed by atoms with Crippen molar-refractivity contribution in [2.75, 3.05) is 5.32 Å². The third-order valence-corrected chi connectivity index (χ3v) is 3.47. The van der Waals surface area contributed by atoms with E-state index < -0.39 is 0 Å². The van der Waals surface area contributed by atoms with E-state index in [0.29, 0.717) is 0 Å². The molecular formula is C15H21NO. The van der Waals surface area contributed by atoms with Gasteiger partial charge in [0.1, 0.15) is 0 Å². The quantitative estimate of drug-likeness (QED) is 0.825. The summed E-state index contributed by atoms with van der Waals surface area (Å²) in [6.07, 6.45) is 3.29. The van der Waals surface area contributed by atoms with Gasteiger partial charge < -0.3 is 5.32 Å². The van der Waals surface area contributed by atoms with Crippen molar-refractivity contribution in [1.29, 1.82) is 0 Å². The Balaban J connectivity index is 2.08. The molecule has 1 amide bonds. The van der Waals surface area contributed by atoms with E-state index in [0.717, 1.165) is 18.5 Å². The van der Waals surface area contributed by atoms with Crippen LogP contribution in [0.15, 0.2) is 24.3 Å². The van der Waals surface area contributed by atoms with Crippen molar-refractivity contribution in [2.45, 2.75) is 45.4 Å². The smallest absolute Gasteiger partial charge is 0.227 e.